The van der Waals surface area contributed by atoms with Crippen molar-refractivity contribution in [2.75, 3.05) is 13.2 Å². The van der Waals surface area contributed by atoms with Crippen LogP contribution in [-0.4, -0.2) is 37.2 Å². The van der Waals surface area contributed by atoms with E-state index in [9.17, 15) is 14.4 Å². The smallest absolute Gasteiger partial charge is 0.306 e. The van der Waals surface area contributed by atoms with Crippen molar-refractivity contribution in [3.05, 3.63) is 170 Å². The maximum absolute atomic E-state index is 12.8. The van der Waals surface area contributed by atoms with E-state index in [1.807, 2.05) is 24.3 Å². The normalized spacial score (nSPS) is 13.5. The zero-order chi connectivity index (χ0) is 50.0. The summed E-state index contributed by atoms with van der Waals surface area (Å²) in [5.74, 6) is -1.15. The van der Waals surface area contributed by atoms with Gasteiger partial charge in [-0.2, -0.15) is 0 Å². The molecule has 6 nitrogen and oxygen atoms in total. The highest BCUT2D eigenvalue weighted by Gasteiger charge is 2.19. The van der Waals surface area contributed by atoms with Crippen LogP contribution >= 0.6 is 0 Å². The minimum absolute atomic E-state index is 0.147. The van der Waals surface area contributed by atoms with Gasteiger partial charge in [0, 0.05) is 19.3 Å². The van der Waals surface area contributed by atoms with Gasteiger partial charge in [0.2, 0.25) is 0 Å². The molecule has 0 aromatic heterocycles. The van der Waals surface area contributed by atoms with Gasteiger partial charge >= 0.3 is 17.9 Å². The Hall–Kier alpha value is -5.23. The van der Waals surface area contributed by atoms with Gasteiger partial charge in [0.15, 0.2) is 6.10 Å². The Morgan fingerprint density at radius 1 is 0.290 bits per heavy atom. The molecule has 0 aliphatic rings. The van der Waals surface area contributed by atoms with E-state index < -0.39 is 12.1 Å². The molecule has 0 aromatic rings. The summed E-state index contributed by atoms with van der Waals surface area (Å²) in [7, 11) is 0. The summed E-state index contributed by atoms with van der Waals surface area (Å²) >= 11 is 0. The van der Waals surface area contributed by atoms with E-state index in [0.717, 1.165) is 122 Å². The summed E-state index contributed by atoms with van der Waals surface area (Å²) in [6.07, 6.45) is 82.2. The number of ether oxygens (including phenoxy) is 3. The van der Waals surface area contributed by atoms with Gasteiger partial charge in [-0.15, -0.1) is 0 Å². The van der Waals surface area contributed by atoms with Crippen molar-refractivity contribution in [3.8, 4) is 0 Å². The Labute approximate surface area is 422 Å². The topological polar surface area (TPSA) is 78.9 Å². The average Bonchev–Trinajstić information content (AvgIpc) is 3.35. The number of rotatable bonds is 45. The second-order valence-electron chi connectivity index (χ2n) is 16.6. The predicted octanol–water partition coefficient (Wildman–Crippen LogP) is 18.0. The first-order valence-electron chi connectivity index (χ1n) is 26.6. The number of hydrogen-bond acceptors (Lipinski definition) is 6. The molecule has 0 radical (unpaired) electrons. The van der Waals surface area contributed by atoms with E-state index in [-0.39, 0.29) is 38.0 Å². The van der Waals surface area contributed by atoms with Crippen molar-refractivity contribution in [3.63, 3.8) is 0 Å². The number of carbonyl (C=O) groups excluding carboxylic acids is 3. The Kier molecular flexibility index (Phi) is 51.2. The summed E-state index contributed by atoms with van der Waals surface area (Å²) in [6, 6.07) is 0. The van der Waals surface area contributed by atoms with Crippen LogP contribution in [0, 0.1) is 0 Å². The van der Waals surface area contributed by atoms with Gasteiger partial charge in [-0.25, -0.2) is 0 Å². The van der Waals surface area contributed by atoms with E-state index in [4.69, 9.17) is 14.2 Å². The quantitative estimate of drug-likeness (QED) is 0.0262. The molecule has 0 fully saturated rings. The van der Waals surface area contributed by atoms with E-state index >= 15 is 0 Å². The summed E-state index contributed by atoms with van der Waals surface area (Å²) in [5.41, 5.74) is 0. The molecule has 0 saturated heterocycles. The Balaban J connectivity index is 4.67. The molecule has 0 spiro atoms. The number of allylic oxidation sites excluding steroid dienone is 28. The lowest BCUT2D eigenvalue weighted by molar-refractivity contribution is -0.166. The van der Waals surface area contributed by atoms with Crippen LogP contribution in [0.2, 0.25) is 0 Å². The molecule has 0 saturated carbocycles. The van der Waals surface area contributed by atoms with Gasteiger partial charge in [0.25, 0.3) is 0 Å². The fraction of sp³-hybridized carbons (Fsp3) is 0.508. The minimum atomic E-state index is -0.863. The lowest BCUT2D eigenvalue weighted by Crippen LogP contribution is -2.30. The van der Waals surface area contributed by atoms with Crippen LogP contribution in [0.25, 0.3) is 0 Å². The average molecular weight is 947 g/mol. The highest BCUT2D eigenvalue weighted by molar-refractivity contribution is 5.71. The zero-order valence-electron chi connectivity index (χ0n) is 43.5. The van der Waals surface area contributed by atoms with Crippen LogP contribution in [0.1, 0.15) is 188 Å². The predicted molar refractivity (Wildman–Crippen MR) is 297 cm³/mol. The Morgan fingerprint density at radius 3 is 0.899 bits per heavy atom. The summed E-state index contributed by atoms with van der Waals surface area (Å²) < 4.78 is 16.7. The first kappa shape index (κ1) is 63.8. The third kappa shape index (κ3) is 53.6. The minimum Gasteiger partial charge on any atom is -0.462 e. The third-order valence-electron chi connectivity index (χ3n) is 10.2. The largest absolute Gasteiger partial charge is 0.462 e. The molecule has 0 N–H and O–H groups in total. The van der Waals surface area contributed by atoms with Gasteiger partial charge < -0.3 is 14.2 Å². The van der Waals surface area contributed by atoms with Crippen molar-refractivity contribution >= 4 is 17.9 Å². The van der Waals surface area contributed by atoms with Crippen molar-refractivity contribution in [2.24, 2.45) is 0 Å². The number of esters is 3. The van der Waals surface area contributed by atoms with E-state index in [2.05, 4.69) is 167 Å². The molecule has 0 aliphatic heterocycles. The first-order valence-corrected chi connectivity index (χ1v) is 26.6. The Bertz CT molecular complexity index is 1650. The lowest BCUT2D eigenvalue weighted by atomic mass is 10.1. The van der Waals surface area contributed by atoms with Gasteiger partial charge in [0.05, 0.1) is 0 Å². The molecule has 1 unspecified atom stereocenters. The molecule has 0 amide bonds. The van der Waals surface area contributed by atoms with Gasteiger partial charge in [-0.1, -0.05) is 217 Å². The van der Waals surface area contributed by atoms with Crippen molar-refractivity contribution < 1.29 is 28.6 Å². The van der Waals surface area contributed by atoms with Gasteiger partial charge in [-0.05, 0) is 122 Å². The van der Waals surface area contributed by atoms with Crippen molar-refractivity contribution in [1.82, 2.24) is 0 Å². The van der Waals surface area contributed by atoms with Crippen molar-refractivity contribution in [1.29, 1.82) is 0 Å². The van der Waals surface area contributed by atoms with E-state index in [1.165, 1.54) is 12.8 Å². The van der Waals surface area contributed by atoms with Crippen LogP contribution in [0.5, 0.6) is 0 Å². The lowest BCUT2D eigenvalue weighted by Gasteiger charge is -2.18. The molecule has 69 heavy (non-hydrogen) atoms. The molecule has 1 atom stereocenters. The van der Waals surface area contributed by atoms with Crippen LogP contribution in [0.3, 0.4) is 0 Å². The van der Waals surface area contributed by atoms with Gasteiger partial charge in [0.1, 0.15) is 13.2 Å². The van der Waals surface area contributed by atoms with E-state index in [0.29, 0.717) is 19.3 Å². The molecule has 0 aliphatic carbocycles. The molecule has 0 heterocycles. The van der Waals surface area contributed by atoms with Crippen LogP contribution in [0.15, 0.2) is 170 Å². The molecular formula is C63H94O6. The van der Waals surface area contributed by atoms with E-state index in [1.54, 1.807) is 0 Å². The molecule has 382 valence electrons. The zero-order valence-corrected chi connectivity index (χ0v) is 43.5. The molecule has 0 bridgehead atoms. The second kappa shape index (κ2) is 55.4. The molecule has 0 rings (SSSR count). The Morgan fingerprint density at radius 2 is 0.551 bits per heavy atom. The number of unbranched alkanes of at least 4 members (excludes halogenated alkanes) is 6. The maximum atomic E-state index is 12.8. The van der Waals surface area contributed by atoms with Gasteiger partial charge in [-0.3, -0.25) is 14.4 Å². The summed E-state index contributed by atoms with van der Waals surface area (Å²) in [5, 5.41) is 0. The fourth-order valence-corrected chi connectivity index (χ4v) is 6.35. The number of hydrogen-bond donors (Lipinski definition) is 0. The standard InChI is InChI=1S/C63H94O6/c1-4-7-10-13-16-19-22-25-28-31-32-33-36-38-41-44-47-50-53-56-62(65)68-59-60(69-63(66)57-54-51-48-45-42-39-35-30-27-24-21-18-15-12-9-6-3)58-67-61(64)55-52-49-46-43-40-37-34-29-26-23-20-17-14-11-8-5-2/h7-12,16-21,25-30,32-33,38-39,41-42,47-48,50-51,60H,4-6,13-15,22-24,31,34-37,40,43-46,49,52-59H2,1-3H3/b10-7-,11-8-,12-9-,19-16-,20-17-,21-18-,28-25-,29-26-,30-27-,33-32-,41-38-,42-39-,50-47-,51-48-. The second-order valence-corrected chi connectivity index (χ2v) is 16.6. The highest BCUT2D eigenvalue weighted by Crippen LogP contribution is 2.11. The SMILES string of the molecule is CC/C=C\C/C=C\C/C=C\C/C=C\C/C=C\C/C=C\CCC(=O)OCC(COC(=O)CCCCCCCC/C=C\C/C=C\C/C=C\CC)OC(=O)CC/C=C\C/C=C\C/C=C\C/C=C\C/C=C\CC. The summed E-state index contributed by atoms with van der Waals surface area (Å²) in [6.45, 7) is 6.13. The van der Waals surface area contributed by atoms with Crippen molar-refractivity contribution in [2.45, 2.75) is 194 Å². The summed E-state index contributed by atoms with van der Waals surface area (Å²) in [4.78, 5) is 38.0. The molecule has 6 heteroatoms. The highest BCUT2D eigenvalue weighted by atomic mass is 16.6. The fourth-order valence-electron chi connectivity index (χ4n) is 6.35. The third-order valence-corrected chi connectivity index (χ3v) is 10.2. The first-order chi connectivity index (χ1) is 34.0. The van der Waals surface area contributed by atoms with Crippen LogP contribution < -0.4 is 0 Å². The molecular weight excluding hydrogens is 853 g/mol. The van der Waals surface area contributed by atoms with Crippen LogP contribution in [-0.2, 0) is 28.6 Å². The monoisotopic (exact) mass is 947 g/mol. The molecule has 0 aromatic carbocycles. The maximum Gasteiger partial charge on any atom is 0.306 e. The van der Waals surface area contributed by atoms with Crippen LogP contribution in [0.4, 0.5) is 0 Å². The number of carbonyl (C=O) groups is 3.